The summed E-state index contributed by atoms with van der Waals surface area (Å²) in [6.45, 7) is 4.09. The first-order valence-electron chi connectivity index (χ1n) is 13.5. The number of nitrogens with one attached hydrogen (secondary N) is 1. The van der Waals surface area contributed by atoms with Crippen LogP contribution < -0.4 is 5.56 Å². The zero-order chi connectivity index (χ0) is 24.2. The average Bonchev–Trinajstić information content (AvgIpc) is 2.91. The van der Waals surface area contributed by atoms with E-state index in [1.807, 2.05) is 0 Å². The average molecular weight is 481 g/mol. The molecule has 1 aromatic heterocycles. The van der Waals surface area contributed by atoms with Crippen molar-refractivity contribution in [3.05, 3.63) is 62.3 Å². The standard InChI is InChI=1S/C28H37FN4O2/c29-25-11-10-21(19-26-22-8-4-5-9-23(22)27(34)31-30-26)18-24(25)28(35)33-16-14-32(15-17-33)13-12-20-6-2-1-3-7-20/h10-11,18,20H,1-9,12-17,19H2,(H,31,34). The third-order valence-electron chi connectivity index (χ3n) is 8.25. The molecule has 1 aromatic carbocycles. The largest absolute Gasteiger partial charge is 0.336 e. The molecule has 3 aliphatic rings. The minimum atomic E-state index is -0.477. The van der Waals surface area contributed by atoms with Crippen molar-refractivity contribution in [1.29, 1.82) is 0 Å². The maximum absolute atomic E-state index is 14.7. The SMILES string of the molecule is O=C(c1cc(Cc2n[nH]c(=O)c3c2CCCC3)ccc1F)N1CCN(CCC2CCCCC2)CC1. The molecule has 1 saturated heterocycles. The van der Waals surface area contributed by atoms with E-state index in [9.17, 15) is 14.0 Å². The van der Waals surface area contributed by atoms with Crippen molar-refractivity contribution >= 4 is 5.91 Å². The van der Waals surface area contributed by atoms with Gasteiger partial charge in [0.15, 0.2) is 0 Å². The van der Waals surface area contributed by atoms with Gasteiger partial charge in [0.25, 0.3) is 11.5 Å². The Morgan fingerprint density at radius 1 is 1.00 bits per heavy atom. The number of H-pyrrole nitrogens is 1. The van der Waals surface area contributed by atoms with Crippen LogP contribution in [0.25, 0.3) is 0 Å². The lowest BCUT2D eigenvalue weighted by Crippen LogP contribution is -2.49. The lowest BCUT2D eigenvalue weighted by Gasteiger charge is -2.35. The number of nitrogens with zero attached hydrogens (tertiary/aromatic N) is 3. The summed E-state index contributed by atoms with van der Waals surface area (Å²) < 4.78 is 14.7. The monoisotopic (exact) mass is 480 g/mol. The zero-order valence-electron chi connectivity index (χ0n) is 20.7. The summed E-state index contributed by atoms with van der Waals surface area (Å²) >= 11 is 0. The van der Waals surface area contributed by atoms with Gasteiger partial charge in [-0.3, -0.25) is 14.5 Å². The number of aromatic nitrogens is 2. The Balaban J connectivity index is 1.21. The van der Waals surface area contributed by atoms with Crippen LogP contribution in [0.15, 0.2) is 23.0 Å². The molecule has 0 unspecified atom stereocenters. The van der Waals surface area contributed by atoms with Gasteiger partial charge in [-0.15, -0.1) is 0 Å². The van der Waals surface area contributed by atoms with Gasteiger partial charge in [0.1, 0.15) is 5.82 Å². The lowest BCUT2D eigenvalue weighted by atomic mass is 9.87. The van der Waals surface area contributed by atoms with Gasteiger partial charge in [-0.2, -0.15) is 5.10 Å². The molecule has 0 atom stereocenters. The van der Waals surface area contributed by atoms with Crippen LogP contribution in [-0.2, 0) is 19.3 Å². The molecular weight excluding hydrogens is 443 g/mol. The van der Waals surface area contributed by atoms with Crippen LogP contribution in [0.3, 0.4) is 0 Å². The molecule has 2 fully saturated rings. The van der Waals surface area contributed by atoms with Crippen molar-refractivity contribution in [3.8, 4) is 0 Å². The van der Waals surface area contributed by atoms with Gasteiger partial charge < -0.3 is 4.90 Å². The number of aromatic amines is 1. The first-order chi connectivity index (χ1) is 17.1. The molecule has 0 bridgehead atoms. The smallest absolute Gasteiger partial charge is 0.267 e. The summed E-state index contributed by atoms with van der Waals surface area (Å²) in [5.41, 5.74) is 3.57. The summed E-state index contributed by atoms with van der Waals surface area (Å²) in [5.74, 6) is 0.158. The van der Waals surface area contributed by atoms with Crippen LogP contribution in [-0.4, -0.2) is 58.6 Å². The molecule has 35 heavy (non-hydrogen) atoms. The van der Waals surface area contributed by atoms with Crippen LogP contribution in [0, 0.1) is 11.7 Å². The highest BCUT2D eigenvalue weighted by Gasteiger charge is 2.25. The highest BCUT2D eigenvalue weighted by atomic mass is 19.1. The van der Waals surface area contributed by atoms with E-state index in [-0.39, 0.29) is 17.0 Å². The van der Waals surface area contributed by atoms with E-state index in [1.165, 1.54) is 44.6 Å². The molecular formula is C28H37FN4O2. The maximum atomic E-state index is 14.7. The molecule has 188 valence electrons. The van der Waals surface area contributed by atoms with E-state index < -0.39 is 5.82 Å². The molecule has 2 aromatic rings. The first-order valence-corrected chi connectivity index (χ1v) is 13.5. The highest BCUT2D eigenvalue weighted by molar-refractivity contribution is 5.94. The number of hydrogen-bond acceptors (Lipinski definition) is 4. The Morgan fingerprint density at radius 2 is 1.74 bits per heavy atom. The number of hydrogen-bond donors (Lipinski definition) is 1. The van der Waals surface area contributed by atoms with Crippen molar-refractivity contribution < 1.29 is 9.18 Å². The predicted octanol–water partition coefficient (Wildman–Crippen LogP) is 4.11. The number of amides is 1. The first kappa shape index (κ1) is 24.2. The third kappa shape index (κ3) is 5.66. The normalized spacial score (nSPS) is 19.5. The van der Waals surface area contributed by atoms with Crippen molar-refractivity contribution in [2.24, 2.45) is 5.92 Å². The summed E-state index contributed by atoms with van der Waals surface area (Å²) in [6, 6.07) is 4.79. The Bertz CT molecular complexity index is 1100. The molecule has 1 saturated carbocycles. The summed E-state index contributed by atoms with van der Waals surface area (Å²) in [4.78, 5) is 29.6. The predicted molar refractivity (Wildman–Crippen MR) is 134 cm³/mol. The number of carbonyl (C=O) groups is 1. The van der Waals surface area contributed by atoms with Gasteiger partial charge >= 0.3 is 0 Å². The molecule has 0 spiro atoms. The molecule has 2 heterocycles. The number of piperazine rings is 1. The second-order valence-electron chi connectivity index (χ2n) is 10.6. The van der Waals surface area contributed by atoms with E-state index in [2.05, 4.69) is 15.1 Å². The number of fused-ring (bicyclic) bond motifs is 1. The highest BCUT2D eigenvalue weighted by Crippen LogP contribution is 2.27. The Kier molecular flexibility index (Phi) is 7.61. The van der Waals surface area contributed by atoms with E-state index >= 15 is 0 Å². The van der Waals surface area contributed by atoms with E-state index in [1.54, 1.807) is 17.0 Å². The molecule has 1 amide bonds. The van der Waals surface area contributed by atoms with Crippen molar-refractivity contribution in [3.63, 3.8) is 0 Å². The number of benzene rings is 1. The van der Waals surface area contributed by atoms with Crippen LogP contribution in [0.4, 0.5) is 4.39 Å². The van der Waals surface area contributed by atoms with Gasteiger partial charge in [0, 0.05) is 38.2 Å². The number of rotatable bonds is 6. The van der Waals surface area contributed by atoms with Crippen LogP contribution in [0.1, 0.15) is 84.1 Å². The molecule has 2 aliphatic carbocycles. The molecule has 0 radical (unpaired) electrons. The molecule has 7 heteroatoms. The Hall–Kier alpha value is -2.54. The molecule has 5 rings (SSSR count). The molecule has 6 nitrogen and oxygen atoms in total. The number of carbonyl (C=O) groups excluding carboxylic acids is 1. The van der Waals surface area contributed by atoms with Crippen molar-refractivity contribution in [1.82, 2.24) is 20.0 Å². The van der Waals surface area contributed by atoms with E-state index in [4.69, 9.17) is 0 Å². The maximum Gasteiger partial charge on any atom is 0.267 e. The van der Waals surface area contributed by atoms with Gasteiger partial charge in [-0.05, 0) is 67.8 Å². The lowest BCUT2D eigenvalue weighted by molar-refractivity contribution is 0.0623. The Morgan fingerprint density at radius 3 is 2.51 bits per heavy atom. The fraction of sp³-hybridized carbons (Fsp3) is 0.607. The van der Waals surface area contributed by atoms with Crippen LogP contribution in [0.2, 0.25) is 0 Å². The van der Waals surface area contributed by atoms with E-state index in [0.717, 1.165) is 73.6 Å². The van der Waals surface area contributed by atoms with Gasteiger partial charge in [0.2, 0.25) is 0 Å². The summed E-state index contributed by atoms with van der Waals surface area (Å²) in [5, 5.41) is 6.93. The second-order valence-corrected chi connectivity index (χ2v) is 10.6. The fourth-order valence-electron chi connectivity index (χ4n) is 6.10. The second kappa shape index (κ2) is 11.0. The zero-order valence-corrected chi connectivity index (χ0v) is 20.7. The van der Waals surface area contributed by atoms with Crippen molar-refractivity contribution in [2.75, 3.05) is 32.7 Å². The minimum absolute atomic E-state index is 0.101. The van der Waals surface area contributed by atoms with Gasteiger partial charge in [-0.25, -0.2) is 9.49 Å². The van der Waals surface area contributed by atoms with Crippen molar-refractivity contribution in [2.45, 2.75) is 70.6 Å². The topological polar surface area (TPSA) is 69.3 Å². The third-order valence-corrected chi connectivity index (χ3v) is 8.25. The van der Waals surface area contributed by atoms with Crippen LogP contribution >= 0.6 is 0 Å². The molecule has 1 N–H and O–H groups in total. The van der Waals surface area contributed by atoms with Gasteiger partial charge in [0.05, 0.1) is 11.3 Å². The fourth-order valence-corrected chi connectivity index (χ4v) is 6.10. The quantitative estimate of drug-likeness (QED) is 0.676. The minimum Gasteiger partial charge on any atom is -0.336 e. The number of halogens is 1. The summed E-state index contributed by atoms with van der Waals surface area (Å²) in [6.07, 6.45) is 12.3. The van der Waals surface area contributed by atoms with Crippen LogP contribution in [0.5, 0.6) is 0 Å². The van der Waals surface area contributed by atoms with Gasteiger partial charge in [-0.1, -0.05) is 38.2 Å². The van der Waals surface area contributed by atoms with E-state index in [0.29, 0.717) is 19.5 Å². The molecule has 1 aliphatic heterocycles. The summed E-state index contributed by atoms with van der Waals surface area (Å²) in [7, 11) is 0. The Labute approximate surface area is 206 Å².